The number of carbonyl (C=O) groups is 1. The van der Waals surface area contributed by atoms with Gasteiger partial charge in [0.2, 0.25) is 5.91 Å². The quantitative estimate of drug-likeness (QED) is 0.643. The maximum Gasteiger partial charge on any atom is 0.401 e. The standard InChI is InChI=1S/C25H31F3N2O2/c1-3-24(32,4-2)20-11-9-19(10-12-20)23(21-8-5-7-18(15-21)22(29)31)13-6-14-30(16-23)17-25(26,27)28/h5,7-12,15,32H,3-4,6,13-14,16-17H2,1-2H3,(H2,29,31). The number of carbonyl (C=O) groups excluding carboxylic acids is 1. The van der Waals surface area contributed by atoms with Crippen molar-refractivity contribution in [2.45, 2.75) is 56.7 Å². The Balaban J connectivity index is 2.09. The van der Waals surface area contributed by atoms with E-state index in [1.165, 1.54) is 4.90 Å². The van der Waals surface area contributed by atoms with Crippen molar-refractivity contribution in [3.8, 4) is 0 Å². The number of rotatable bonds is 7. The van der Waals surface area contributed by atoms with Crippen LogP contribution in [-0.2, 0) is 11.0 Å². The summed E-state index contributed by atoms with van der Waals surface area (Å²) in [6, 6.07) is 14.4. The lowest BCUT2D eigenvalue weighted by atomic mass is 9.68. The van der Waals surface area contributed by atoms with Crippen molar-refractivity contribution in [2.75, 3.05) is 19.6 Å². The van der Waals surface area contributed by atoms with Crippen LogP contribution in [-0.4, -0.2) is 41.7 Å². The van der Waals surface area contributed by atoms with Gasteiger partial charge in [-0.2, -0.15) is 13.2 Å². The predicted octanol–water partition coefficient (Wildman–Crippen LogP) is 4.74. The van der Waals surface area contributed by atoms with Gasteiger partial charge in [0.05, 0.1) is 12.1 Å². The molecule has 3 N–H and O–H groups in total. The smallest absolute Gasteiger partial charge is 0.385 e. The van der Waals surface area contributed by atoms with Crippen molar-refractivity contribution < 1.29 is 23.1 Å². The van der Waals surface area contributed by atoms with E-state index in [2.05, 4.69) is 0 Å². The minimum absolute atomic E-state index is 0.180. The second kappa shape index (κ2) is 9.24. The molecule has 0 aliphatic carbocycles. The van der Waals surface area contributed by atoms with Gasteiger partial charge in [-0.05, 0) is 61.1 Å². The molecular formula is C25H31F3N2O2. The summed E-state index contributed by atoms with van der Waals surface area (Å²) in [7, 11) is 0. The van der Waals surface area contributed by atoms with Gasteiger partial charge in [0.1, 0.15) is 0 Å². The lowest BCUT2D eigenvalue weighted by Gasteiger charge is -2.44. The highest BCUT2D eigenvalue weighted by molar-refractivity contribution is 5.93. The summed E-state index contributed by atoms with van der Waals surface area (Å²) in [5.41, 5.74) is 6.58. The Hall–Kier alpha value is -2.38. The van der Waals surface area contributed by atoms with Crippen molar-refractivity contribution in [1.82, 2.24) is 4.90 Å². The number of hydrogen-bond donors (Lipinski definition) is 2. The highest BCUT2D eigenvalue weighted by Gasteiger charge is 2.42. The molecule has 1 unspecified atom stereocenters. The third kappa shape index (κ3) is 4.99. The molecule has 0 saturated carbocycles. The molecule has 32 heavy (non-hydrogen) atoms. The fourth-order valence-corrected chi connectivity index (χ4v) is 4.90. The number of aliphatic hydroxyl groups is 1. The Morgan fingerprint density at radius 3 is 2.31 bits per heavy atom. The molecule has 1 heterocycles. The van der Waals surface area contributed by atoms with Crippen LogP contribution in [0.4, 0.5) is 13.2 Å². The fourth-order valence-electron chi connectivity index (χ4n) is 4.90. The van der Waals surface area contributed by atoms with E-state index in [0.29, 0.717) is 37.8 Å². The van der Waals surface area contributed by atoms with Gasteiger partial charge < -0.3 is 10.8 Å². The van der Waals surface area contributed by atoms with Gasteiger partial charge in [0, 0.05) is 17.5 Å². The Labute approximate surface area is 187 Å². The summed E-state index contributed by atoms with van der Waals surface area (Å²) in [6.07, 6.45) is -1.93. The first-order chi connectivity index (χ1) is 15.0. The van der Waals surface area contributed by atoms with Crippen LogP contribution >= 0.6 is 0 Å². The summed E-state index contributed by atoms with van der Waals surface area (Å²) in [5, 5.41) is 10.9. The molecule has 1 atom stereocenters. The molecule has 174 valence electrons. The van der Waals surface area contributed by atoms with Crippen molar-refractivity contribution >= 4 is 5.91 Å². The second-order valence-corrected chi connectivity index (χ2v) is 8.77. The Bertz CT molecular complexity index is 939. The number of nitrogens with zero attached hydrogens (tertiary/aromatic N) is 1. The zero-order valence-corrected chi connectivity index (χ0v) is 18.6. The van der Waals surface area contributed by atoms with Gasteiger partial charge in [-0.25, -0.2) is 0 Å². The van der Waals surface area contributed by atoms with E-state index in [1.807, 2.05) is 44.2 Å². The average Bonchev–Trinajstić information content (AvgIpc) is 2.77. The zero-order chi connectivity index (χ0) is 23.6. The molecule has 1 aliphatic heterocycles. The van der Waals surface area contributed by atoms with E-state index < -0.39 is 29.6 Å². The number of nitrogens with two attached hydrogens (primary N) is 1. The van der Waals surface area contributed by atoms with Gasteiger partial charge in [-0.3, -0.25) is 9.69 Å². The van der Waals surface area contributed by atoms with Crippen LogP contribution in [0.25, 0.3) is 0 Å². The van der Waals surface area contributed by atoms with Crippen LogP contribution in [0.1, 0.15) is 66.6 Å². The largest absolute Gasteiger partial charge is 0.401 e. The summed E-state index contributed by atoms with van der Waals surface area (Å²) in [5.74, 6) is -0.573. The third-order valence-corrected chi connectivity index (χ3v) is 6.82. The molecule has 0 spiro atoms. The molecule has 4 nitrogen and oxygen atoms in total. The van der Waals surface area contributed by atoms with Gasteiger partial charge in [-0.1, -0.05) is 50.2 Å². The first-order valence-corrected chi connectivity index (χ1v) is 11.1. The first kappa shape index (κ1) is 24.3. The highest BCUT2D eigenvalue weighted by Crippen LogP contribution is 2.42. The second-order valence-electron chi connectivity index (χ2n) is 8.77. The molecule has 1 saturated heterocycles. The van der Waals surface area contributed by atoms with Gasteiger partial charge >= 0.3 is 6.18 Å². The van der Waals surface area contributed by atoms with Gasteiger partial charge in [0.25, 0.3) is 0 Å². The van der Waals surface area contributed by atoms with E-state index in [0.717, 1.165) is 16.7 Å². The first-order valence-electron chi connectivity index (χ1n) is 11.1. The van der Waals surface area contributed by atoms with Crippen LogP contribution in [0, 0.1) is 0 Å². The average molecular weight is 449 g/mol. The molecule has 3 rings (SSSR count). The van der Waals surface area contributed by atoms with E-state index in [-0.39, 0.29) is 6.54 Å². The highest BCUT2D eigenvalue weighted by atomic mass is 19.4. The van der Waals surface area contributed by atoms with Gasteiger partial charge in [-0.15, -0.1) is 0 Å². The van der Waals surface area contributed by atoms with Crippen molar-refractivity contribution in [3.63, 3.8) is 0 Å². The summed E-state index contributed by atoms with van der Waals surface area (Å²) in [6.45, 7) is 3.41. The number of halogens is 3. The monoisotopic (exact) mass is 448 g/mol. The number of amides is 1. The molecular weight excluding hydrogens is 417 g/mol. The molecule has 2 aromatic rings. The molecule has 1 aliphatic rings. The molecule has 0 radical (unpaired) electrons. The molecule has 7 heteroatoms. The van der Waals surface area contributed by atoms with Crippen LogP contribution in [0.2, 0.25) is 0 Å². The molecule has 1 fully saturated rings. The molecule has 0 bridgehead atoms. The van der Waals surface area contributed by atoms with Gasteiger partial charge in [0.15, 0.2) is 0 Å². The minimum atomic E-state index is -4.29. The topological polar surface area (TPSA) is 66.6 Å². The van der Waals surface area contributed by atoms with Crippen molar-refractivity contribution in [1.29, 1.82) is 0 Å². The SMILES string of the molecule is CCC(O)(CC)c1ccc(C2(c3cccc(C(N)=O)c3)CCCN(CC(F)(F)F)C2)cc1. The number of benzene rings is 2. The van der Waals surface area contributed by atoms with Crippen molar-refractivity contribution in [2.24, 2.45) is 5.73 Å². The Morgan fingerprint density at radius 1 is 1.09 bits per heavy atom. The van der Waals surface area contributed by atoms with Crippen LogP contribution in [0.3, 0.4) is 0 Å². The number of primary amides is 1. The van der Waals surface area contributed by atoms with E-state index >= 15 is 0 Å². The number of piperidine rings is 1. The molecule has 2 aromatic carbocycles. The van der Waals surface area contributed by atoms with E-state index in [9.17, 15) is 23.1 Å². The number of hydrogen-bond acceptors (Lipinski definition) is 3. The fraction of sp³-hybridized carbons (Fsp3) is 0.480. The van der Waals surface area contributed by atoms with Crippen LogP contribution in [0.5, 0.6) is 0 Å². The lowest BCUT2D eigenvalue weighted by molar-refractivity contribution is -0.149. The van der Waals surface area contributed by atoms with Crippen LogP contribution < -0.4 is 5.73 Å². The zero-order valence-electron chi connectivity index (χ0n) is 18.6. The van der Waals surface area contributed by atoms with Crippen molar-refractivity contribution in [3.05, 3.63) is 70.8 Å². The summed E-state index contributed by atoms with van der Waals surface area (Å²) in [4.78, 5) is 13.2. The molecule has 0 aromatic heterocycles. The van der Waals surface area contributed by atoms with E-state index in [4.69, 9.17) is 5.73 Å². The number of likely N-dealkylation sites (tertiary alicyclic amines) is 1. The maximum absolute atomic E-state index is 13.2. The predicted molar refractivity (Wildman–Crippen MR) is 118 cm³/mol. The normalized spacial score (nSPS) is 20.3. The number of alkyl halides is 3. The summed E-state index contributed by atoms with van der Waals surface area (Å²) < 4.78 is 39.6. The lowest BCUT2D eigenvalue weighted by Crippen LogP contribution is -2.49. The van der Waals surface area contributed by atoms with E-state index in [1.54, 1.807) is 18.2 Å². The minimum Gasteiger partial charge on any atom is -0.385 e. The third-order valence-electron chi connectivity index (χ3n) is 6.82. The Morgan fingerprint density at radius 2 is 1.75 bits per heavy atom. The summed E-state index contributed by atoms with van der Waals surface area (Å²) >= 11 is 0. The Kier molecular flexibility index (Phi) is 7.00. The maximum atomic E-state index is 13.2. The van der Waals surface area contributed by atoms with Crippen LogP contribution in [0.15, 0.2) is 48.5 Å². The molecule has 1 amide bonds.